The molecule has 0 aromatic rings. The lowest BCUT2D eigenvalue weighted by Gasteiger charge is -2.26. The Bertz CT molecular complexity index is 256. The van der Waals surface area contributed by atoms with E-state index in [0.717, 1.165) is 39.3 Å². The molecule has 1 N–H and O–H groups in total. The Balaban J connectivity index is 2.18. The fourth-order valence-corrected chi connectivity index (χ4v) is 2.17. The van der Waals surface area contributed by atoms with Gasteiger partial charge in [-0.1, -0.05) is 0 Å². The molecule has 0 aliphatic carbocycles. The molecule has 5 nitrogen and oxygen atoms in total. The second-order valence-electron chi connectivity index (χ2n) is 7.70. The minimum absolute atomic E-state index is 0.0380. The van der Waals surface area contributed by atoms with Gasteiger partial charge < -0.3 is 9.47 Å². The van der Waals surface area contributed by atoms with Gasteiger partial charge in [-0.05, 0) is 54.5 Å². The summed E-state index contributed by atoms with van der Waals surface area (Å²) in [7, 11) is 0. The average molecular weight is 301 g/mol. The van der Waals surface area contributed by atoms with E-state index >= 15 is 0 Å². The summed E-state index contributed by atoms with van der Waals surface area (Å²) >= 11 is 0. The minimum Gasteiger partial charge on any atom is -0.375 e. The number of nitrogens with one attached hydrogen (secondary N) is 1. The van der Waals surface area contributed by atoms with Gasteiger partial charge in [0.05, 0.1) is 17.8 Å². The SMILES string of the molecule is CC(C)(C)OCCN1CCCN(NCOC(C)(C)C)CC1. The van der Waals surface area contributed by atoms with Crippen LogP contribution in [0.3, 0.4) is 0 Å². The largest absolute Gasteiger partial charge is 0.375 e. The molecule has 0 spiro atoms. The van der Waals surface area contributed by atoms with Gasteiger partial charge in [0, 0.05) is 26.2 Å². The summed E-state index contributed by atoms with van der Waals surface area (Å²) in [5.74, 6) is 0. The van der Waals surface area contributed by atoms with Crippen molar-refractivity contribution in [1.29, 1.82) is 0 Å². The lowest BCUT2D eigenvalue weighted by Crippen LogP contribution is -2.43. The van der Waals surface area contributed by atoms with Crippen molar-refractivity contribution in [3.8, 4) is 0 Å². The highest BCUT2D eigenvalue weighted by molar-refractivity contribution is 4.68. The third-order valence-electron chi connectivity index (χ3n) is 3.32. The highest BCUT2D eigenvalue weighted by Crippen LogP contribution is 2.08. The number of nitrogens with zero attached hydrogens (tertiary/aromatic N) is 2. The van der Waals surface area contributed by atoms with Crippen molar-refractivity contribution >= 4 is 0 Å². The van der Waals surface area contributed by atoms with E-state index in [2.05, 4.69) is 56.9 Å². The molecule has 0 amide bonds. The van der Waals surface area contributed by atoms with Crippen LogP contribution in [0.4, 0.5) is 0 Å². The zero-order chi connectivity index (χ0) is 15.9. The predicted octanol–water partition coefficient (Wildman–Crippen LogP) is 2.09. The molecule has 1 aliphatic rings. The number of ether oxygens (including phenoxy) is 2. The van der Waals surface area contributed by atoms with E-state index in [0.29, 0.717) is 6.73 Å². The summed E-state index contributed by atoms with van der Waals surface area (Å²) in [6, 6.07) is 0. The normalized spacial score (nSPS) is 19.7. The molecule has 1 saturated heterocycles. The second kappa shape index (κ2) is 8.44. The fourth-order valence-electron chi connectivity index (χ4n) is 2.17. The van der Waals surface area contributed by atoms with Gasteiger partial charge in [-0.15, -0.1) is 0 Å². The molecule has 1 heterocycles. The zero-order valence-electron chi connectivity index (χ0n) is 14.9. The molecule has 5 heteroatoms. The summed E-state index contributed by atoms with van der Waals surface area (Å²) in [6.45, 7) is 19.3. The Morgan fingerprint density at radius 1 is 0.857 bits per heavy atom. The molecule has 1 fully saturated rings. The van der Waals surface area contributed by atoms with E-state index < -0.39 is 0 Å². The van der Waals surface area contributed by atoms with E-state index in [1.54, 1.807) is 0 Å². The van der Waals surface area contributed by atoms with E-state index in [9.17, 15) is 0 Å². The van der Waals surface area contributed by atoms with Crippen molar-refractivity contribution in [2.45, 2.75) is 59.2 Å². The smallest absolute Gasteiger partial charge is 0.110 e. The van der Waals surface area contributed by atoms with E-state index in [-0.39, 0.29) is 11.2 Å². The van der Waals surface area contributed by atoms with Crippen LogP contribution in [-0.2, 0) is 9.47 Å². The molecular weight excluding hydrogens is 266 g/mol. The van der Waals surface area contributed by atoms with Crippen molar-refractivity contribution in [2.24, 2.45) is 0 Å². The fraction of sp³-hybridized carbons (Fsp3) is 1.00. The van der Waals surface area contributed by atoms with Crippen molar-refractivity contribution in [3.05, 3.63) is 0 Å². The molecule has 0 atom stereocenters. The van der Waals surface area contributed by atoms with E-state index in [4.69, 9.17) is 9.47 Å². The predicted molar refractivity (Wildman–Crippen MR) is 87.2 cm³/mol. The molecule has 0 radical (unpaired) electrons. The van der Waals surface area contributed by atoms with Crippen molar-refractivity contribution in [1.82, 2.24) is 15.3 Å². The Morgan fingerprint density at radius 2 is 1.52 bits per heavy atom. The highest BCUT2D eigenvalue weighted by Gasteiger charge is 2.17. The lowest BCUT2D eigenvalue weighted by atomic mass is 10.2. The van der Waals surface area contributed by atoms with Gasteiger partial charge in [0.25, 0.3) is 0 Å². The second-order valence-corrected chi connectivity index (χ2v) is 7.70. The first-order chi connectivity index (χ1) is 9.66. The van der Waals surface area contributed by atoms with Crippen LogP contribution in [0.1, 0.15) is 48.0 Å². The standard InChI is InChI=1S/C16H35N3O2/c1-15(2,3)20-13-12-18-8-7-9-19(11-10-18)17-14-21-16(4,5)6/h17H,7-14H2,1-6H3. The van der Waals surface area contributed by atoms with E-state index in [1.165, 1.54) is 6.42 Å². The van der Waals surface area contributed by atoms with Crippen LogP contribution in [-0.4, -0.2) is 67.2 Å². The maximum absolute atomic E-state index is 5.81. The number of hydrazine groups is 1. The third-order valence-corrected chi connectivity index (χ3v) is 3.32. The molecule has 0 bridgehead atoms. The van der Waals surface area contributed by atoms with Gasteiger partial charge >= 0.3 is 0 Å². The first kappa shape index (κ1) is 18.8. The maximum Gasteiger partial charge on any atom is 0.110 e. The van der Waals surface area contributed by atoms with Gasteiger partial charge in [-0.25, -0.2) is 10.4 Å². The summed E-state index contributed by atoms with van der Waals surface area (Å²) in [5, 5.41) is 2.27. The summed E-state index contributed by atoms with van der Waals surface area (Å²) in [6.07, 6.45) is 1.18. The monoisotopic (exact) mass is 301 g/mol. The van der Waals surface area contributed by atoms with Crippen molar-refractivity contribution < 1.29 is 9.47 Å². The quantitative estimate of drug-likeness (QED) is 0.760. The molecule has 0 unspecified atom stereocenters. The summed E-state index contributed by atoms with van der Waals surface area (Å²) in [4.78, 5) is 2.48. The number of hydrogen-bond acceptors (Lipinski definition) is 5. The van der Waals surface area contributed by atoms with Crippen LogP contribution >= 0.6 is 0 Å². The summed E-state index contributed by atoms with van der Waals surface area (Å²) < 4.78 is 11.5. The molecule has 21 heavy (non-hydrogen) atoms. The first-order valence-electron chi connectivity index (χ1n) is 8.14. The van der Waals surface area contributed by atoms with E-state index in [1.807, 2.05) is 0 Å². The molecule has 0 saturated carbocycles. The Hall–Kier alpha value is -0.200. The Labute approximate surface area is 130 Å². The molecule has 0 aromatic carbocycles. The first-order valence-corrected chi connectivity index (χ1v) is 8.14. The molecule has 0 aromatic heterocycles. The van der Waals surface area contributed by atoms with Gasteiger partial charge in [0.15, 0.2) is 0 Å². The topological polar surface area (TPSA) is 37.0 Å². The molecule has 1 aliphatic heterocycles. The highest BCUT2D eigenvalue weighted by atomic mass is 16.5. The van der Waals surface area contributed by atoms with Crippen molar-refractivity contribution in [3.63, 3.8) is 0 Å². The third kappa shape index (κ3) is 10.2. The minimum atomic E-state index is -0.0881. The average Bonchev–Trinajstić information content (AvgIpc) is 2.52. The van der Waals surface area contributed by atoms with Crippen LogP contribution in [0.15, 0.2) is 0 Å². The van der Waals surface area contributed by atoms with Crippen LogP contribution < -0.4 is 5.43 Å². The van der Waals surface area contributed by atoms with Crippen LogP contribution in [0.25, 0.3) is 0 Å². The van der Waals surface area contributed by atoms with Crippen LogP contribution in [0.5, 0.6) is 0 Å². The van der Waals surface area contributed by atoms with Gasteiger partial charge in [-0.3, -0.25) is 4.90 Å². The number of hydrogen-bond donors (Lipinski definition) is 1. The number of rotatable bonds is 6. The van der Waals surface area contributed by atoms with Gasteiger partial charge in [-0.2, -0.15) is 0 Å². The lowest BCUT2D eigenvalue weighted by molar-refractivity contribution is -0.0421. The molecule has 1 rings (SSSR count). The Morgan fingerprint density at radius 3 is 2.14 bits per heavy atom. The maximum atomic E-state index is 5.81. The van der Waals surface area contributed by atoms with Crippen molar-refractivity contribution in [2.75, 3.05) is 46.1 Å². The molecule has 126 valence electrons. The van der Waals surface area contributed by atoms with Crippen LogP contribution in [0, 0.1) is 0 Å². The van der Waals surface area contributed by atoms with Gasteiger partial charge in [0.1, 0.15) is 6.73 Å². The van der Waals surface area contributed by atoms with Gasteiger partial charge in [0.2, 0.25) is 0 Å². The molecular formula is C16H35N3O2. The summed E-state index contributed by atoms with van der Waals surface area (Å²) in [5.41, 5.74) is 3.25. The van der Waals surface area contributed by atoms with Crippen LogP contribution in [0.2, 0.25) is 0 Å². The Kier molecular flexibility index (Phi) is 7.57. The zero-order valence-corrected chi connectivity index (χ0v) is 14.9.